The van der Waals surface area contributed by atoms with Gasteiger partial charge in [-0.3, -0.25) is 0 Å². The molecule has 2 fully saturated rings. The van der Waals surface area contributed by atoms with Crippen LogP contribution in [-0.2, 0) is 0 Å². The molecule has 3 aliphatic heterocycles. The third kappa shape index (κ3) is 10.7. The quantitative estimate of drug-likeness (QED) is 0.0499. The molecule has 2 radical (unpaired) electrons. The van der Waals surface area contributed by atoms with E-state index in [4.69, 9.17) is 9.47 Å². The molecule has 4 aliphatic rings. The van der Waals surface area contributed by atoms with E-state index in [0.29, 0.717) is 23.9 Å². The zero-order chi connectivity index (χ0) is 55.2. The standard InChI is InChI=1S/C75H84As2N2O2/c1-5-7-31-59(32-8-6-2)61-51-57(3)73-63(53-61)55-78-71-47-27-28-48-72(71)79-56-64-54-62(52-58(4)74(64)81-75(78,79)80-73)60(33-29-49-76(65-35-15-9-16-36-65,66-37-17-10-18-38-66)67-39-19-11-20-40-67)34-30-50-77(68-41-21-12-22-42-68,69-43-23-13-24-44-69)70-45-25-14-26-46-70/h9-26,35-46,51-56,59-60,71-72H,5-8,27-34,47-50H2,1-4H3/q+2. The summed E-state index contributed by atoms with van der Waals surface area (Å²) in [6.45, 7) is 9.22. The summed E-state index contributed by atoms with van der Waals surface area (Å²) in [5, 5.41) is 2.32. The number of ether oxygens (including phenoxy) is 2. The summed E-state index contributed by atoms with van der Waals surface area (Å²) in [5.74, 6) is 2.85. The maximum absolute atomic E-state index is 7.63. The van der Waals surface area contributed by atoms with Crippen LogP contribution in [0.1, 0.15) is 149 Å². The Hall–Kier alpha value is -6.18. The van der Waals surface area contributed by atoms with Crippen molar-refractivity contribution in [2.75, 3.05) is 0 Å². The van der Waals surface area contributed by atoms with Crippen LogP contribution in [0.25, 0.3) is 0 Å². The molecule has 6 heteroatoms. The summed E-state index contributed by atoms with van der Waals surface area (Å²) >= 11 is -5.95. The van der Waals surface area contributed by atoms with E-state index in [2.05, 4.69) is 256 Å². The zero-order valence-corrected chi connectivity index (χ0v) is 52.3. The molecule has 3 atom stereocenters. The first-order valence-corrected chi connectivity index (χ1v) is 39.2. The molecule has 1 saturated heterocycles. The molecule has 12 rings (SSSR count). The van der Waals surface area contributed by atoms with Crippen LogP contribution in [0.15, 0.2) is 206 Å². The van der Waals surface area contributed by atoms with Crippen LogP contribution in [-0.4, -0.2) is 66.8 Å². The van der Waals surface area contributed by atoms with Gasteiger partial charge >= 0.3 is 393 Å². The topological polar surface area (TPSA) is 24.5 Å². The number of hydrogen-bond acceptors (Lipinski definition) is 2. The van der Waals surface area contributed by atoms with Gasteiger partial charge in [0.25, 0.3) is 0 Å². The first kappa shape index (κ1) is 55.4. The molecule has 81 heavy (non-hydrogen) atoms. The number of rotatable bonds is 22. The Morgan fingerprint density at radius 3 is 1.01 bits per heavy atom. The fraction of sp³-hybridized carbons (Fsp3) is 0.333. The van der Waals surface area contributed by atoms with E-state index in [1.165, 1.54) is 111 Å². The van der Waals surface area contributed by atoms with Crippen molar-refractivity contribution < 1.29 is 18.6 Å². The van der Waals surface area contributed by atoms with Gasteiger partial charge in [0.05, 0.1) is 5.56 Å². The predicted molar refractivity (Wildman–Crippen MR) is 344 cm³/mol. The summed E-state index contributed by atoms with van der Waals surface area (Å²) in [6, 6.07) is 79.0. The summed E-state index contributed by atoms with van der Waals surface area (Å²) in [7, 11) is 0. The van der Waals surface area contributed by atoms with Crippen LogP contribution in [0.3, 0.4) is 0 Å². The SMILES string of the molecule is CCCCC(CCCC)c1cc(C)c2c(c1)C=[N+]1C3CCCCC3[N+]3=Cc4cc(C(CCC[As](c5ccccc5)(c5ccccc5)c5ccccc5)CCC[As](c5ccccc5)(c5ccccc5)c5ccccc5)cc(C)c4OC13O2. The van der Waals surface area contributed by atoms with Gasteiger partial charge in [0.1, 0.15) is 0 Å². The molecule has 1 aliphatic carbocycles. The van der Waals surface area contributed by atoms with Gasteiger partial charge in [0.15, 0.2) is 0 Å². The molecule has 0 aromatic heterocycles. The summed E-state index contributed by atoms with van der Waals surface area (Å²) in [5.41, 5.74) is 7.72. The predicted octanol–water partition coefficient (Wildman–Crippen LogP) is 14.0. The molecule has 3 unspecified atom stereocenters. The number of hydrogen-bond donors (Lipinski definition) is 0. The van der Waals surface area contributed by atoms with Gasteiger partial charge in [0, 0.05) is 0 Å². The minimum absolute atomic E-state index is 0.292. The average Bonchev–Trinajstić information content (AvgIpc) is 2.68. The van der Waals surface area contributed by atoms with Crippen LogP contribution in [0.2, 0.25) is 10.4 Å². The van der Waals surface area contributed by atoms with Crippen LogP contribution >= 0.6 is 0 Å². The fourth-order valence-electron chi connectivity index (χ4n) is 14.8. The Morgan fingerprint density at radius 2 is 0.716 bits per heavy atom. The Balaban J connectivity index is 0.936. The first-order valence-electron chi connectivity index (χ1n) is 30.9. The van der Waals surface area contributed by atoms with Gasteiger partial charge in [-0.15, -0.1) is 0 Å². The molecular weight excluding hydrogens is 1110 g/mol. The van der Waals surface area contributed by atoms with Gasteiger partial charge in [-0.05, 0) is 49.3 Å². The van der Waals surface area contributed by atoms with Crippen LogP contribution in [0, 0.1) is 13.8 Å². The van der Waals surface area contributed by atoms with Gasteiger partial charge in [-0.2, -0.15) is 0 Å². The Morgan fingerprint density at radius 1 is 0.420 bits per heavy atom. The van der Waals surface area contributed by atoms with E-state index in [9.17, 15) is 0 Å². The minimum atomic E-state index is -2.97. The van der Waals surface area contributed by atoms with Gasteiger partial charge < -0.3 is 0 Å². The van der Waals surface area contributed by atoms with Gasteiger partial charge in [-0.1, -0.05) is 45.6 Å². The molecule has 1 spiro atoms. The number of aryl methyl sites for hydroxylation is 2. The van der Waals surface area contributed by atoms with Gasteiger partial charge in [-0.25, -0.2) is 0 Å². The van der Waals surface area contributed by atoms with Crippen molar-refractivity contribution in [1.29, 1.82) is 0 Å². The van der Waals surface area contributed by atoms with Crippen molar-refractivity contribution in [2.45, 2.75) is 158 Å². The molecule has 0 bridgehead atoms. The molecule has 0 amide bonds. The normalized spacial score (nSPS) is 18.1. The molecular formula is C75H84As2N2O2+2. The van der Waals surface area contributed by atoms with Crippen molar-refractivity contribution in [3.05, 3.63) is 240 Å². The molecule has 8 aromatic carbocycles. The molecule has 8 aromatic rings. The monoisotopic (exact) mass is 1190 g/mol. The molecule has 3 heterocycles. The Kier molecular flexibility index (Phi) is 16.9. The number of fused-ring (bicyclic) bond motifs is 5. The van der Waals surface area contributed by atoms with E-state index in [0.717, 1.165) is 60.4 Å². The van der Waals surface area contributed by atoms with Crippen molar-refractivity contribution in [3.8, 4) is 11.5 Å². The second kappa shape index (κ2) is 24.7. The number of unbranched alkanes of at least 4 members (excludes halogenated alkanes) is 2. The van der Waals surface area contributed by atoms with E-state index in [1.807, 2.05) is 0 Å². The van der Waals surface area contributed by atoms with E-state index in [1.54, 1.807) is 0 Å². The second-order valence-corrected chi connectivity index (χ2v) is 39.0. The van der Waals surface area contributed by atoms with Crippen LogP contribution < -0.4 is 35.6 Å². The average molecular weight is 1200 g/mol. The molecule has 4 nitrogen and oxygen atoms in total. The maximum atomic E-state index is 7.63. The van der Waals surface area contributed by atoms with Crippen molar-refractivity contribution in [3.63, 3.8) is 0 Å². The van der Waals surface area contributed by atoms with Crippen molar-refractivity contribution in [1.82, 2.24) is 0 Å². The molecule has 414 valence electrons. The first-order chi connectivity index (χ1) is 39.9. The summed E-state index contributed by atoms with van der Waals surface area (Å²) in [6.07, 6.45) is 21.6. The van der Waals surface area contributed by atoms with E-state index >= 15 is 0 Å². The molecule has 1 saturated carbocycles. The third-order valence-corrected chi connectivity index (χ3v) is 37.8. The second-order valence-electron chi connectivity index (χ2n) is 23.8. The van der Waals surface area contributed by atoms with E-state index < -0.39 is 33.1 Å². The number of benzene rings is 8. The van der Waals surface area contributed by atoms with E-state index in [-0.39, 0.29) is 0 Å². The van der Waals surface area contributed by atoms with Crippen LogP contribution in [0.5, 0.6) is 11.5 Å². The zero-order valence-electron chi connectivity index (χ0n) is 48.5. The third-order valence-electron chi connectivity index (χ3n) is 18.8. The summed E-state index contributed by atoms with van der Waals surface area (Å²) in [4.78, 5) is 0. The molecule has 0 N–H and O–H groups in total. The summed E-state index contributed by atoms with van der Waals surface area (Å²) < 4.78 is 29.3. The Bertz CT molecular complexity index is 3130. The fourth-order valence-corrected chi connectivity index (χ4v) is 33.2. The van der Waals surface area contributed by atoms with Crippen molar-refractivity contribution >= 4 is 65.6 Å². The van der Waals surface area contributed by atoms with Crippen molar-refractivity contribution in [2.24, 2.45) is 0 Å². The van der Waals surface area contributed by atoms with Crippen LogP contribution in [0.4, 0.5) is 0 Å². The van der Waals surface area contributed by atoms with Gasteiger partial charge in [0.2, 0.25) is 0 Å². The number of nitrogens with zero attached hydrogens (tertiary/aromatic N) is 2. The Labute approximate surface area is 489 Å².